The van der Waals surface area contributed by atoms with E-state index in [-0.39, 0.29) is 60.1 Å². The second-order valence-electron chi connectivity index (χ2n) is 1.25. The Kier molecular flexibility index (Phi) is 71.6. The molecule has 0 aromatic carbocycles. The Labute approximate surface area is 104 Å². The molecule has 1 rings (SSSR count). The molecule has 0 aromatic heterocycles. The van der Waals surface area contributed by atoms with Crippen molar-refractivity contribution in [3.63, 3.8) is 0 Å². The fourth-order valence-corrected chi connectivity index (χ4v) is 0.340. The molecule has 0 unspecified atom stereocenters. The molecular weight excluding hydrogens is 302 g/mol. The van der Waals surface area contributed by atoms with E-state index in [2.05, 4.69) is 25.9 Å². The van der Waals surface area contributed by atoms with E-state index in [1.807, 2.05) is 12.2 Å². The molecule has 0 bridgehead atoms. The molecule has 0 heterocycles. The van der Waals surface area contributed by atoms with Crippen LogP contribution in [0.4, 0.5) is 0 Å². The van der Waals surface area contributed by atoms with E-state index in [9.17, 15) is 0 Å². The Bertz CT molecular complexity index is 130. The summed E-state index contributed by atoms with van der Waals surface area (Å²) >= 11 is 0.286. The van der Waals surface area contributed by atoms with Gasteiger partial charge >= 0.3 is 34.2 Å². The molecule has 1 aliphatic carbocycles. The third kappa shape index (κ3) is 30.1. The Morgan fingerprint density at radius 2 is 1.58 bits per heavy atom. The minimum atomic E-state index is 0. The van der Waals surface area contributed by atoms with Gasteiger partial charge in [-0.05, 0) is 0 Å². The molecule has 0 spiro atoms. The summed E-state index contributed by atoms with van der Waals surface area (Å²) in [5, 5.41) is 0. The van der Waals surface area contributed by atoms with Crippen LogP contribution in [0.3, 0.4) is 0 Å². The van der Waals surface area contributed by atoms with E-state index in [0.29, 0.717) is 0 Å². The van der Waals surface area contributed by atoms with Gasteiger partial charge in [-0.2, -0.15) is 6.08 Å². The summed E-state index contributed by atoms with van der Waals surface area (Å²) in [7, 11) is 0. The van der Waals surface area contributed by atoms with Gasteiger partial charge in [-0.15, -0.1) is 31.2 Å². The third-order valence-electron chi connectivity index (χ3n) is 0.586. The predicted molar refractivity (Wildman–Crippen MR) is 66.0 cm³/mol. The van der Waals surface area contributed by atoms with Crippen LogP contribution in [0.5, 0.6) is 0 Å². The molecule has 0 saturated heterocycles. The fourth-order valence-electron chi connectivity index (χ4n) is 0.340. The van der Waals surface area contributed by atoms with Gasteiger partial charge in [0, 0.05) is 0 Å². The Morgan fingerprint density at radius 3 is 1.67 bits per heavy atom. The third-order valence-corrected chi connectivity index (χ3v) is 0.586. The summed E-state index contributed by atoms with van der Waals surface area (Å²) in [6.45, 7) is 4.31. The summed E-state index contributed by atoms with van der Waals surface area (Å²) < 4.78 is 0. The quantitative estimate of drug-likeness (QED) is 0.465. The first kappa shape index (κ1) is 29.2. The van der Waals surface area contributed by atoms with Crippen molar-refractivity contribution in [1.29, 1.82) is 0 Å². The maximum absolute atomic E-state index is 2.99. The molecule has 0 fully saturated rings. The van der Waals surface area contributed by atoms with Gasteiger partial charge in [-0.25, -0.2) is 12.2 Å². The minimum absolute atomic E-state index is 0. The van der Waals surface area contributed by atoms with Gasteiger partial charge < -0.3 is 14.9 Å². The molecule has 0 atom stereocenters. The summed E-state index contributed by atoms with van der Waals surface area (Å²) in [6.07, 6.45) is 10.0. The van der Waals surface area contributed by atoms with Gasteiger partial charge in [0.25, 0.3) is 0 Å². The second-order valence-corrected chi connectivity index (χ2v) is 14.3. The molecule has 0 N–H and O–H groups in total. The van der Waals surface area contributed by atoms with Crippen LogP contribution >= 0.6 is 24.8 Å². The van der Waals surface area contributed by atoms with Gasteiger partial charge in [0.2, 0.25) is 0 Å². The summed E-state index contributed by atoms with van der Waals surface area (Å²) in [4.78, 5) is 0. The SMILES string of the molecule is Cl.Cl.[C-]1=CC=CC1.[CH3-].[CH3-].[SiH2]=[Zr]=[SiH2]. The van der Waals surface area contributed by atoms with E-state index in [1.54, 1.807) is 0 Å². The van der Waals surface area contributed by atoms with Crippen LogP contribution in [-0.4, -0.2) is 13.8 Å². The van der Waals surface area contributed by atoms with E-state index in [1.165, 1.54) is 0 Å². The molecule has 0 aliphatic heterocycles. The van der Waals surface area contributed by atoms with Gasteiger partial charge in [-0.1, -0.05) is 0 Å². The van der Waals surface area contributed by atoms with Crippen molar-refractivity contribution in [1.82, 2.24) is 0 Å². The van der Waals surface area contributed by atoms with Gasteiger partial charge in [0.15, 0.2) is 0 Å². The number of allylic oxidation sites excluding steroid dienone is 4. The van der Waals surface area contributed by atoms with Crippen LogP contribution in [0.2, 0.25) is 0 Å². The number of hydrogen-bond donors (Lipinski definition) is 0. The molecule has 1 aliphatic rings. The molecule has 0 aromatic rings. The molecule has 0 nitrogen and oxygen atoms in total. The van der Waals surface area contributed by atoms with Crippen molar-refractivity contribution in [3.05, 3.63) is 39.2 Å². The van der Waals surface area contributed by atoms with Crippen LogP contribution in [0.1, 0.15) is 6.42 Å². The number of halogens is 2. The number of hydrogen-bond acceptors (Lipinski definition) is 0. The standard InChI is InChI=1S/C5H5.2CH3.2ClH.2H2Si.Zr/c1-2-4-5-3-1;;;;;;;/h1-3H,4H2;2*1H3;2*1H;2*1H2;/q3*-1;;;;;. The molecule has 12 heavy (non-hydrogen) atoms. The Morgan fingerprint density at radius 1 is 1.17 bits per heavy atom. The van der Waals surface area contributed by atoms with Crippen LogP contribution in [0.25, 0.3) is 0 Å². The van der Waals surface area contributed by atoms with Gasteiger partial charge in [0.05, 0.1) is 0 Å². The molecule has 0 amide bonds. The second kappa shape index (κ2) is 29.4. The van der Waals surface area contributed by atoms with Crippen molar-refractivity contribution in [2.45, 2.75) is 6.42 Å². The zero-order valence-corrected chi connectivity index (χ0v) is 14.6. The molecule has 74 valence electrons. The fraction of sp³-hybridized carbons (Fsp3) is 0.143. The van der Waals surface area contributed by atoms with E-state index < -0.39 is 0 Å². The first-order valence-electron chi connectivity index (χ1n) is 2.42. The average Bonchev–Trinajstić information content (AvgIpc) is 2.17. The van der Waals surface area contributed by atoms with Crippen LogP contribution in [0.15, 0.2) is 18.2 Å². The monoisotopic (exact) mass is 317 g/mol. The zero-order valence-electron chi connectivity index (χ0n) is 7.67. The van der Waals surface area contributed by atoms with Crippen molar-refractivity contribution in [3.8, 4) is 0 Å². The first-order chi connectivity index (χ1) is 3.91. The summed E-state index contributed by atoms with van der Waals surface area (Å²) in [6, 6.07) is 0. The Balaban J connectivity index is -0.0000000219. The normalized spacial score (nSPS) is 8.00. The zero-order chi connectivity index (χ0) is 6.24. The number of rotatable bonds is 0. The van der Waals surface area contributed by atoms with Crippen LogP contribution in [-0.2, 0) is 20.5 Å². The summed E-state index contributed by atoms with van der Waals surface area (Å²) in [5.41, 5.74) is 0. The van der Waals surface area contributed by atoms with Crippen LogP contribution < -0.4 is 0 Å². The summed E-state index contributed by atoms with van der Waals surface area (Å²) in [5.74, 6) is 0. The molecule has 5 heteroatoms. The first-order valence-corrected chi connectivity index (χ1v) is 14.3. The van der Waals surface area contributed by atoms with E-state index in [4.69, 9.17) is 0 Å². The van der Waals surface area contributed by atoms with Crippen molar-refractivity contribution >= 4 is 38.6 Å². The van der Waals surface area contributed by atoms with E-state index >= 15 is 0 Å². The maximum atomic E-state index is 2.99. The molecule has 0 saturated carbocycles. The topological polar surface area (TPSA) is 0 Å². The molecule has 0 radical (unpaired) electrons. The Hall–Kier alpha value is 1.38. The average molecular weight is 320 g/mol. The molecular formula is C7H17Cl2Si2Zr-3. The van der Waals surface area contributed by atoms with Crippen molar-refractivity contribution < 1.29 is 20.5 Å². The van der Waals surface area contributed by atoms with Crippen molar-refractivity contribution in [2.24, 2.45) is 0 Å². The van der Waals surface area contributed by atoms with E-state index in [0.717, 1.165) is 6.42 Å². The van der Waals surface area contributed by atoms with Gasteiger partial charge in [0.1, 0.15) is 0 Å². The predicted octanol–water partition coefficient (Wildman–Crippen LogP) is 1.21. The van der Waals surface area contributed by atoms with Crippen molar-refractivity contribution in [2.75, 3.05) is 0 Å². The van der Waals surface area contributed by atoms with Crippen LogP contribution in [0, 0.1) is 20.9 Å². The van der Waals surface area contributed by atoms with Gasteiger partial charge in [-0.3, -0.25) is 6.08 Å².